The van der Waals surface area contributed by atoms with Crippen LogP contribution in [0, 0.1) is 0 Å². The van der Waals surface area contributed by atoms with E-state index >= 15 is 0 Å². The van der Waals surface area contributed by atoms with E-state index in [0.29, 0.717) is 6.54 Å². The van der Waals surface area contributed by atoms with Crippen molar-refractivity contribution in [1.82, 2.24) is 10.3 Å². The van der Waals surface area contributed by atoms with Gasteiger partial charge in [-0.3, -0.25) is 5.43 Å². The fraction of sp³-hybridized carbons (Fsp3) is 0.214. The number of nitrogens with one attached hydrogen (secondary N) is 1. The molecule has 0 bridgehead atoms. The second-order valence-electron chi connectivity index (χ2n) is 9.48. The van der Waals surface area contributed by atoms with Gasteiger partial charge in [-0.25, -0.2) is 5.01 Å². The standard InChI is InChI=1S/C28H29N3O2.H2O/c1-28(2,3)21-11-13-22(14-12-21)31-27(32)26-25(29-31)24-8-6-5-7-20(24)18-30(26)17-19-9-15-23(33-4)16-10-19;/h5-16,18,29,32H,17H2,1-4H3;1H2. The highest BCUT2D eigenvalue weighted by Crippen LogP contribution is 2.33. The second kappa shape index (κ2) is 8.80. The SMILES string of the molecule is COc1ccc(CN2C=c3ccccc3=C3NN(c4ccc(C(C)(C)C)cc4)C(O)=C32)cc1.O. The Labute approximate surface area is 200 Å². The number of aliphatic hydroxyl groups excluding tert-OH is 1. The maximum Gasteiger partial charge on any atom is 0.237 e. The fourth-order valence-electron chi connectivity index (χ4n) is 4.31. The molecule has 2 aliphatic heterocycles. The Kier molecular flexibility index (Phi) is 6.02. The van der Waals surface area contributed by atoms with E-state index in [4.69, 9.17) is 4.74 Å². The summed E-state index contributed by atoms with van der Waals surface area (Å²) in [4.78, 5) is 2.10. The van der Waals surface area contributed by atoms with Crippen molar-refractivity contribution in [2.75, 3.05) is 12.1 Å². The van der Waals surface area contributed by atoms with Gasteiger partial charge in [0.05, 0.1) is 18.5 Å². The van der Waals surface area contributed by atoms with Gasteiger partial charge in [0.2, 0.25) is 5.88 Å². The van der Waals surface area contributed by atoms with Crippen molar-refractivity contribution >= 4 is 17.6 Å². The quantitative estimate of drug-likeness (QED) is 0.629. The molecule has 3 aromatic rings. The molecule has 0 aliphatic carbocycles. The van der Waals surface area contributed by atoms with E-state index in [2.05, 4.69) is 73.7 Å². The Morgan fingerprint density at radius 1 is 0.912 bits per heavy atom. The molecular formula is C28H31N3O3. The van der Waals surface area contributed by atoms with Crippen LogP contribution in [0.5, 0.6) is 5.75 Å². The molecule has 0 spiro atoms. The zero-order valence-electron chi connectivity index (χ0n) is 20.0. The molecule has 2 aliphatic rings. The number of anilines is 1. The Morgan fingerprint density at radius 2 is 1.59 bits per heavy atom. The number of methoxy groups -OCH3 is 1. The van der Waals surface area contributed by atoms with Crippen molar-refractivity contribution in [3.05, 3.63) is 106 Å². The Balaban J connectivity index is 0.00000274. The lowest BCUT2D eigenvalue weighted by atomic mass is 9.87. The first-order valence-electron chi connectivity index (χ1n) is 11.2. The molecule has 0 saturated heterocycles. The summed E-state index contributed by atoms with van der Waals surface area (Å²) < 4.78 is 5.29. The minimum atomic E-state index is 0. The fourth-order valence-corrected chi connectivity index (χ4v) is 4.31. The number of hydrazine groups is 1. The third-order valence-corrected chi connectivity index (χ3v) is 6.20. The number of hydrogen-bond donors (Lipinski definition) is 2. The summed E-state index contributed by atoms with van der Waals surface area (Å²) in [5, 5.41) is 15.3. The van der Waals surface area contributed by atoms with Gasteiger partial charge in [-0.2, -0.15) is 0 Å². The van der Waals surface area contributed by atoms with E-state index in [-0.39, 0.29) is 16.8 Å². The Morgan fingerprint density at radius 3 is 2.24 bits per heavy atom. The molecule has 0 radical (unpaired) electrons. The largest absolute Gasteiger partial charge is 0.497 e. The van der Waals surface area contributed by atoms with Gasteiger partial charge in [-0.05, 0) is 40.8 Å². The molecule has 4 N–H and O–H groups in total. The summed E-state index contributed by atoms with van der Waals surface area (Å²) in [6, 6.07) is 24.6. The van der Waals surface area contributed by atoms with Crippen LogP contribution < -0.4 is 25.6 Å². The normalized spacial score (nSPS) is 14.6. The first-order chi connectivity index (χ1) is 15.8. The molecule has 6 heteroatoms. The number of hydrogen-bond acceptors (Lipinski definition) is 5. The molecule has 3 aromatic carbocycles. The molecule has 0 amide bonds. The maximum atomic E-state index is 11.4. The van der Waals surface area contributed by atoms with Crippen LogP contribution in [0.2, 0.25) is 0 Å². The lowest BCUT2D eigenvalue weighted by Gasteiger charge is -2.25. The Hall–Kier alpha value is -3.90. The molecule has 5 rings (SSSR count). The predicted octanol–water partition coefficient (Wildman–Crippen LogP) is 3.28. The van der Waals surface area contributed by atoms with E-state index < -0.39 is 0 Å². The van der Waals surface area contributed by atoms with Crippen LogP contribution in [0.1, 0.15) is 31.9 Å². The van der Waals surface area contributed by atoms with Gasteiger partial charge < -0.3 is 20.2 Å². The van der Waals surface area contributed by atoms with E-state index in [1.54, 1.807) is 12.1 Å². The van der Waals surface area contributed by atoms with Gasteiger partial charge in [-0.1, -0.05) is 69.3 Å². The summed E-state index contributed by atoms with van der Waals surface area (Å²) >= 11 is 0. The molecule has 0 unspecified atom stereocenters. The van der Waals surface area contributed by atoms with Gasteiger partial charge in [0.15, 0.2) is 0 Å². The van der Waals surface area contributed by atoms with E-state index in [9.17, 15) is 5.11 Å². The van der Waals surface area contributed by atoms with Crippen molar-refractivity contribution in [2.24, 2.45) is 0 Å². The number of aliphatic hydroxyl groups is 1. The Bertz CT molecular complexity index is 1340. The number of ether oxygens (including phenoxy) is 1. The highest BCUT2D eigenvalue weighted by Gasteiger charge is 2.33. The van der Waals surface area contributed by atoms with Crippen LogP contribution in [0.25, 0.3) is 11.9 Å². The number of nitrogens with zero attached hydrogens (tertiary/aromatic N) is 2. The summed E-state index contributed by atoms with van der Waals surface area (Å²) in [5.74, 6) is 1.02. The van der Waals surface area contributed by atoms with Crippen LogP contribution in [0.4, 0.5) is 5.69 Å². The van der Waals surface area contributed by atoms with Crippen LogP contribution in [-0.4, -0.2) is 22.6 Å². The average Bonchev–Trinajstić information content (AvgIpc) is 3.17. The zero-order valence-corrected chi connectivity index (χ0v) is 20.0. The molecule has 0 saturated carbocycles. The van der Waals surface area contributed by atoms with Gasteiger partial charge in [0, 0.05) is 23.2 Å². The van der Waals surface area contributed by atoms with Crippen LogP contribution in [-0.2, 0) is 12.0 Å². The van der Waals surface area contributed by atoms with Crippen molar-refractivity contribution in [2.45, 2.75) is 32.7 Å². The lowest BCUT2D eigenvalue weighted by Crippen LogP contribution is -2.40. The first kappa shape index (κ1) is 23.3. The number of fused-ring (bicyclic) bond motifs is 2. The van der Waals surface area contributed by atoms with Gasteiger partial charge in [0.25, 0.3) is 0 Å². The van der Waals surface area contributed by atoms with Crippen LogP contribution in [0.3, 0.4) is 0 Å². The zero-order chi connectivity index (χ0) is 23.2. The van der Waals surface area contributed by atoms with Crippen molar-refractivity contribution < 1.29 is 15.3 Å². The molecule has 34 heavy (non-hydrogen) atoms. The molecule has 0 aromatic heterocycles. The molecule has 0 atom stereocenters. The van der Waals surface area contributed by atoms with E-state index in [1.165, 1.54) is 5.56 Å². The monoisotopic (exact) mass is 457 g/mol. The summed E-state index contributed by atoms with van der Waals surface area (Å²) in [5.41, 5.74) is 8.46. The summed E-state index contributed by atoms with van der Waals surface area (Å²) in [6.45, 7) is 7.22. The van der Waals surface area contributed by atoms with E-state index in [0.717, 1.165) is 38.8 Å². The third-order valence-electron chi connectivity index (χ3n) is 6.20. The van der Waals surface area contributed by atoms with Gasteiger partial charge in [-0.15, -0.1) is 0 Å². The van der Waals surface area contributed by atoms with Crippen molar-refractivity contribution in [1.29, 1.82) is 0 Å². The topological polar surface area (TPSA) is 79.5 Å². The molecule has 0 fully saturated rings. The average molecular weight is 458 g/mol. The second-order valence-corrected chi connectivity index (χ2v) is 9.48. The van der Waals surface area contributed by atoms with Gasteiger partial charge >= 0.3 is 0 Å². The highest BCUT2D eigenvalue weighted by molar-refractivity contribution is 5.75. The van der Waals surface area contributed by atoms with Gasteiger partial charge in [0.1, 0.15) is 11.4 Å². The highest BCUT2D eigenvalue weighted by atomic mass is 16.5. The minimum Gasteiger partial charge on any atom is -0.497 e. The number of rotatable bonds is 4. The summed E-state index contributed by atoms with van der Waals surface area (Å²) in [6.07, 6.45) is 2.10. The molecule has 6 nitrogen and oxygen atoms in total. The first-order valence-corrected chi connectivity index (χ1v) is 11.2. The predicted molar refractivity (Wildman–Crippen MR) is 136 cm³/mol. The van der Waals surface area contributed by atoms with Crippen molar-refractivity contribution in [3.8, 4) is 5.75 Å². The molecule has 176 valence electrons. The van der Waals surface area contributed by atoms with Crippen LogP contribution in [0.15, 0.2) is 84.4 Å². The third kappa shape index (κ3) is 4.08. The van der Waals surface area contributed by atoms with E-state index in [1.807, 2.05) is 36.4 Å². The lowest BCUT2D eigenvalue weighted by molar-refractivity contribution is 0.367. The maximum absolute atomic E-state index is 11.4. The smallest absolute Gasteiger partial charge is 0.237 e. The van der Waals surface area contributed by atoms with Crippen molar-refractivity contribution in [3.63, 3.8) is 0 Å². The number of benzene rings is 3. The molecular weight excluding hydrogens is 426 g/mol. The van der Waals surface area contributed by atoms with Crippen LogP contribution >= 0.6 is 0 Å². The minimum absolute atomic E-state index is 0. The molecule has 2 heterocycles. The summed E-state index contributed by atoms with van der Waals surface area (Å²) in [7, 11) is 1.67.